The molecule has 0 bridgehead atoms. The molecule has 212 valence electrons. The Morgan fingerprint density at radius 3 is 1.44 bits per heavy atom. The van der Waals surface area contributed by atoms with Crippen molar-refractivity contribution < 1.29 is 38.0 Å². The molecule has 0 saturated heterocycles. The molecule has 0 fully saturated rings. The van der Waals surface area contributed by atoms with Gasteiger partial charge in [-0.3, -0.25) is 4.79 Å². The lowest BCUT2D eigenvalue weighted by Gasteiger charge is -2.06. The van der Waals surface area contributed by atoms with E-state index in [1.807, 2.05) is 41.5 Å². The highest BCUT2D eigenvalue weighted by molar-refractivity contribution is 5.76. The average molecular weight is 503 g/mol. The highest BCUT2D eigenvalue weighted by atomic mass is 16.6. The number of nitrogens with two attached hydrogens (primary N) is 1. The molecule has 1 amide bonds. The van der Waals surface area contributed by atoms with Gasteiger partial charge in [0.15, 0.2) is 0 Å². The Hall–Kier alpha value is -1.14. The van der Waals surface area contributed by atoms with E-state index in [0.29, 0.717) is 52.9 Å². The summed E-state index contributed by atoms with van der Waals surface area (Å²) >= 11 is 0. The Morgan fingerprint density at radius 1 is 0.706 bits per heavy atom. The summed E-state index contributed by atoms with van der Waals surface area (Å²) in [6, 6.07) is 0. The van der Waals surface area contributed by atoms with Crippen molar-refractivity contribution in [2.45, 2.75) is 54.9 Å². The minimum Gasteiger partial charge on any atom is -0.382 e. The molecule has 0 aliphatic heterocycles. The topological polar surface area (TPSA) is 128 Å². The highest BCUT2D eigenvalue weighted by Gasteiger charge is 1.96. The van der Waals surface area contributed by atoms with Crippen LogP contribution in [-0.4, -0.2) is 106 Å². The third kappa shape index (κ3) is 69.8. The summed E-state index contributed by atoms with van der Waals surface area (Å²) in [5, 5.41) is 2.47. The lowest BCUT2D eigenvalue weighted by molar-refractivity contribution is -0.125. The molecule has 0 saturated carbocycles. The van der Waals surface area contributed by atoms with Crippen LogP contribution in [0.5, 0.6) is 0 Å². The lowest BCUT2D eigenvalue weighted by Crippen LogP contribution is -2.24. The Bertz CT molecular complexity index is 300. The van der Waals surface area contributed by atoms with Crippen molar-refractivity contribution in [2.24, 2.45) is 5.73 Å². The molecule has 0 radical (unpaired) electrons. The standard InChI is InChI=1S/C12H25NO5.C5H10O3.3C2H6.CH5N/c1-3-4-15-5-6-16-7-8-17-9-10-18-11-12(14)13-2;1-7-4-5-8-3-2-6;4*1-2/h3-11H2,1-2H3,(H,13,14);2H,3-5H2,1H3;3*1-2H3;2H2,1H3. The summed E-state index contributed by atoms with van der Waals surface area (Å²) in [5.74, 6) is -0.134. The number of nitrogens with one attached hydrogen (secondary N) is 1. The van der Waals surface area contributed by atoms with Gasteiger partial charge in [-0.2, -0.15) is 0 Å². The molecule has 10 nitrogen and oxygen atoms in total. The Labute approximate surface area is 210 Å². The molecule has 3 N–H and O–H groups in total. The van der Waals surface area contributed by atoms with Crippen LogP contribution in [0.3, 0.4) is 0 Å². The monoisotopic (exact) mass is 502 g/mol. The zero-order valence-electron chi connectivity index (χ0n) is 23.9. The van der Waals surface area contributed by atoms with Crippen molar-refractivity contribution >= 4 is 12.2 Å². The fourth-order valence-electron chi connectivity index (χ4n) is 1.31. The predicted octanol–water partition coefficient (Wildman–Crippen LogP) is 2.71. The van der Waals surface area contributed by atoms with Crippen LogP contribution in [-0.2, 0) is 38.0 Å². The number of hydrogen-bond donors (Lipinski definition) is 2. The van der Waals surface area contributed by atoms with E-state index in [0.717, 1.165) is 19.3 Å². The van der Waals surface area contributed by atoms with E-state index in [1.165, 1.54) is 7.05 Å². The quantitative estimate of drug-likeness (QED) is 0.215. The maximum atomic E-state index is 10.8. The van der Waals surface area contributed by atoms with Gasteiger partial charge in [-0.05, 0) is 13.5 Å². The van der Waals surface area contributed by atoms with E-state index >= 15 is 0 Å². The van der Waals surface area contributed by atoms with Crippen LogP contribution in [0.4, 0.5) is 0 Å². The van der Waals surface area contributed by atoms with Crippen molar-refractivity contribution in [2.75, 3.05) is 93.9 Å². The Kier molecular flexibility index (Phi) is 86.3. The zero-order chi connectivity index (χ0) is 27.7. The average Bonchev–Trinajstić information content (AvgIpc) is 2.92. The Morgan fingerprint density at radius 2 is 1.09 bits per heavy atom. The molecule has 0 heterocycles. The van der Waals surface area contributed by atoms with Crippen molar-refractivity contribution in [3.63, 3.8) is 0 Å². The number of rotatable bonds is 18. The first-order valence-electron chi connectivity index (χ1n) is 12.3. The molecule has 0 aromatic heterocycles. The predicted molar refractivity (Wildman–Crippen MR) is 141 cm³/mol. The van der Waals surface area contributed by atoms with Gasteiger partial charge >= 0.3 is 0 Å². The fraction of sp³-hybridized carbons (Fsp3) is 0.917. The molecule has 0 unspecified atom stereocenters. The first-order valence-corrected chi connectivity index (χ1v) is 12.3. The number of carbonyl (C=O) groups is 2. The molecule has 0 aliphatic carbocycles. The summed E-state index contributed by atoms with van der Waals surface area (Å²) in [6.07, 6.45) is 1.74. The van der Waals surface area contributed by atoms with Crippen LogP contribution in [0.15, 0.2) is 0 Å². The number of methoxy groups -OCH3 is 1. The Balaban J connectivity index is -0.000000102. The zero-order valence-corrected chi connectivity index (χ0v) is 23.9. The van der Waals surface area contributed by atoms with Gasteiger partial charge in [0.2, 0.25) is 5.91 Å². The SMILES string of the molecule is CC.CC.CC.CCCOCCOCCOCCOCC(=O)NC.CN.COCCOCC=O. The number of carbonyl (C=O) groups excluding carboxylic acids is 2. The molecule has 0 atom stereocenters. The highest BCUT2D eigenvalue weighted by Crippen LogP contribution is 1.84. The molecule has 10 heteroatoms. The molecule has 34 heavy (non-hydrogen) atoms. The largest absolute Gasteiger partial charge is 0.382 e. The summed E-state index contributed by atoms with van der Waals surface area (Å²) in [6.45, 7) is 19.3. The molecular weight excluding hydrogens is 444 g/mol. The second-order valence-corrected chi connectivity index (χ2v) is 4.80. The first-order chi connectivity index (χ1) is 16.7. The minimum absolute atomic E-state index is 0.0745. The van der Waals surface area contributed by atoms with Crippen molar-refractivity contribution in [3.8, 4) is 0 Å². The molecule has 0 aromatic rings. The molecular formula is C24H58N2O8. The smallest absolute Gasteiger partial charge is 0.245 e. The van der Waals surface area contributed by atoms with E-state index in [2.05, 4.69) is 22.7 Å². The van der Waals surface area contributed by atoms with E-state index < -0.39 is 0 Å². The van der Waals surface area contributed by atoms with Gasteiger partial charge in [-0.25, -0.2) is 0 Å². The van der Waals surface area contributed by atoms with Gasteiger partial charge in [0, 0.05) is 20.8 Å². The molecule has 0 spiro atoms. The normalized spacial score (nSPS) is 8.44. The van der Waals surface area contributed by atoms with E-state index in [1.54, 1.807) is 14.2 Å². The maximum absolute atomic E-state index is 10.8. The summed E-state index contributed by atoms with van der Waals surface area (Å²) in [4.78, 5) is 20.4. The second kappa shape index (κ2) is 63.5. The summed E-state index contributed by atoms with van der Waals surface area (Å²) in [7, 11) is 4.66. The van der Waals surface area contributed by atoms with Crippen LogP contribution < -0.4 is 11.1 Å². The third-order valence-electron chi connectivity index (χ3n) is 2.59. The van der Waals surface area contributed by atoms with Crippen molar-refractivity contribution in [1.82, 2.24) is 5.32 Å². The van der Waals surface area contributed by atoms with Gasteiger partial charge in [-0.1, -0.05) is 48.5 Å². The van der Waals surface area contributed by atoms with E-state index in [4.69, 9.17) is 23.7 Å². The number of hydrogen-bond acceptors (Lipinski definition) is 9. The van der Waals surface area contributed by atoms with Crippen LogP contribution in [0.25, 0.3) is 0 Å². The number of ether oxygens (including phenoxy) is 6. The van der Waals surface area contributed by atoms with Crippen LogP contribution in [0.2, 0.25) is 0 Å². The van der Waals surface area contributed by atoms with Gasteiger partial charge in [0.25, 0.3) is 0 Å². The van der Waals surface area contributed by atoms with Crippen LogP contribution in [0.1, 0.15) is 54.9 Å². The van der Waals surface area contributed by atoms with E-state index in [9.17, 15) is 9.59 Å². The summed E-state index contributed by atoms with van der Waals surface area (Å²) in [5.41, 5.74) is 4.50. The lowest BCUT2D eigenvalue weighted by atomic mass is 10.5. The molecule has 0 aliphatic rings. The minimum atomic E-state index is -0.134. The first kappa shape index (κ1) is 46.2. The fourth-order valence-corrected chi connectivity index (χ4v) is 1.31. The third-order valence-corrected chi connectivity index (χ3v) is 2.59. The maximum Gasteiger partial charge on any atom is 0.245 e. The van der Waals surface area contributed by atoms with E-state index in [-0.39, 0.29) is 19.1 Å². The van der Waals surface area contributed by atoms with Gasteiger partial charge in [-0.15, -0.1) is 0 Å². The second-order valence-electron chi connectivity index (χ2n) is 4.80. The number of aldehydes is 1. The summed E-state index contributed by atoms with van der Waals surface area (Å²) < 4.78 is 30.2. The molecule has 0 rings (SSSR count). The van der Waals surface area contributed by atoms with Crippen LogP contribution >= 0.6 is 0 Å². The van der Waals surface area contributed by atoms with Gasteiger partial charge in [0.05, 0.1) is 52.9 Å². The molecule has 0 aromatic carbocycles. The van der Waals surface area contributed by atoms with Crippen molar-refractivity contribution in [3.05, 3.63) is 0 Å². The van der Waals surface area contributed by atoms with Gasteiger partial charge in [0.1, 0.15) is 19.5 Å². The van der Waals surface area contributed by atoms with Gasteiger partial charge < -0.3 is 44.3 Å². The number of likely N-dealkylation sites (N-methyl/N-ethyl adjacent to an activating group) is 1. The van der Waals surface area contributed by atoms with Crippen molar-refractivity contribution in [1.29, 1.82) is 0 Å². The number of amides is 1. The van der Waals surface area contributed by atoms with Crippen LogP contribution in [0, 0.1) is 0 Å².